The van der Waals surface area contributed by atoms with E-state index in [-0.39, 0.29) is 11.9 Å². The highest BCUT2D eigenvalue weighted by Gasteiger charge is 2.27. The van der Waals surface area contributed by atoms with Gasteiger partial charge in [0.15, 0.2) is 0 Å². The second-order valence-electron chi connectivity index (χ2n) is 6.69. The van der Waals surface area contributed by atoms with Gasteiger partial charge in [0, 0.05) is 24.7 Å². The smallest absolute Gasteiger partial charge is 0.256 e. The Labute approximate surface area is 140 Å². The molecule has 0 bridgehead atoms. The Balaban J connectivity index is 1.62. The Morgan fingerprint density at radius 3 is 2.92 bits per heavy atom. The second kappa shape index (κ2) is 5.78. The fourth-order valence-electron chi connectivity index (χ4n) is 3.53. The molecule has 0 radical (unpaired) electrons. The summed E-state index contributed by atoms with van der Waals surface area (Å²) in [7, 11) is 0. The zero-order valence-corrected chi connectivity index (χ0v) is 14.0. The van der Waals surface area contributed by atoms with Gasteiger partial charge in [0.1, 0.15) is 0 Å². The van der Waals surface area contributed by atoms with Crippen LogP contribution in [0.15, 0.2) is 30.7 Å². The highest BCUT2D eigenvalue weighted by atomic mass is 16.2. The van der Waals surface area contributed by atoms with Crippen LogP contribution in [0.5, 0.6) is 0 Å². The van der Waals surface area contributed by atoms with Crippen LogP contribution in [0.3, 0.4) is 0 Å². The van der Waals surface area contributed by atoms with Crippen LogP contribution < -0.4 is 0 Å². The molecule has 1 aliphatic rings. The van der Waals surface area contributed by atoms with Gasteiger partial charge in [-0.15, -0.1) is 0 Å². The van der Waals surface area contributed by atoms with Crippen molar-refractivity contribution in [2.45, 2.75) is 32.7 Å². The van der Waals surface area contributed by atoms with E-state index in [0.717, 1.165) is 41.4 Å². The van der Waals surface area contributed by atoms with Crippen molar-refractivity contribution in [1.29, 1.82) is 0 Å². The molecule has 3 heterocycles. The summed E-state index contributed by atoms with van der Waals surface area (Å²) in [6, 6.07) is 4.24. The number of amides is 1. The third-order valence-corrected chi connectivity index (χ3v) is 4.71. The zero-order valence-electron chi connectivity index (χ0n) is 14.0. The number of hydrogen-bond donors (Lipinski definition) is 1. The lowest BCUT2D eigenvalue weighted by Gasteiger charge is -2.33. The molecule has 0 aliphatic carbocycles. The Morgan fingerprint density at radius 2 is 2.12 bits per heavy atom. The van der Waals surface area contributed by atoms with Crippen molar-refractivity contribution in [2.75, 3.05) is 13.1 Å². The van der Waals surface area contributed by atoms with Gasteiger partial charge in [0.05, 0.1) is 29.5 Å². The first-order valence-corrected chi connectivity index (χ1v) is 8.35. The molecule has 1 amide bonds. The zero-order chi connectivity index (χ0) is 16.7. The first kappa shape index (κ1) is 14.9. The molecule has 1 saturated heterocycles. The first-order valence-electron chi connectivity index (χ1n) is 8.35. The summed E-state index contributed by atoms with van der Waals surface area (Å²) >= 11 is 0. The number of nitrogens with zero attached hydrogens (tertiary/aromatic N) is 4. The SMILES string of the molecule is Cc1cc(C(=O)N2CCC[C@@H](n3cc(C)cn3)C2)c2[nH]ncc2c1. The van der Waals surface area contributed by atoms with Crippen LogP contribution in [0.25, 0.3) is 10.9 Å². The van der Waals surface area contributed by atoms with Crippen LogP contribution in [-0.4, -0.2) is 43.9 Å². The largest absolute Gasteiger partial charge is 0.336 e. The van der Waals surface area contributed by atoms with Gasteiger partial charge in [-0.1, -0.05) is 0 Å². The van der Waals surface area contributed by atoms with E-state index in [2.05, 4.69) is 21.5 Å². The molecule has 4 rings (SSSR count). The van der Waals surface area contributed by atoms with Gasteiger partial charge in [-0.3, -0.25) is 14.6 Å². The molecule has 0 spiro atoms. The predicted molar refractivity (Wildman–Crippen MR) is 92.0 cm³/mol. The van der Waals surface area contributed by atoms with Crippen LogP contribution in [0.4, 0.5) is 0 Å². The van der Waals surface area contributed by atoms with Crippen molar-refractivity contribution in [3.05, 3.63) is 47.4 Å². The van der Waals surface area contributed by atoms with E-state index in [1.54, 1.807) is 6.20 Å². The molecule has 0 saturated carbocycles. The maximum Gasteiger partial charge on any atom is 0.256 e. The van der Waals surface area contributed by atoms with Crippen molar-refractivity contribution in [2.24, 2.45) is 0 Å². The highest BCUT2D eigenvalue weighted by Crippen LogP contribution is 2.25. The number of fused-ring (bicyclic) bond motifs is 1. The number of carbonyl (C=O) groups excluding carboxylic acids is 1. The molecule has 1 fully saturated rings. The van der Waals surface area contributed by atoms with Gasteiger partial charge >= 0.3 is 0 Å². The Hall–Kier alpha value is -2.63. The molecule has 6 heteroatoms. The van der Waals surface area contributed by atoms with Gasteiger partial charge in [-0.25, -0.2) is 0 Å². The molecule has 1 aromatic carbocycles. The Bertz CT molecular complexity index is 894. The van der Waals surface area contributed by atoms with E-state index in [1.165, 1.54) is 0 Å². The standard InChI is InChI=1S/C18H21N5O/c1-12-6-14-9-19-21-17(14)16(7-12)18(24)22-5-3-4-15(11-22)23-10-13(2)8-20-23/h6-10,15H,3-5,11H2,1-2H3,(H,19,21)/t15-/m1/s1. The molecule has 0 unspecified atom stereocenters. The predicted octanol–water partition coefficient (Wildman–Crippen LogP) is 2.85. The van der Waals surface area contributed by atoms with E-state index in [0.29, 0.717) is 12.1 Å². The van der Waals surface area contributed by atoms with Gasteiger partial charge in [-0.05, 0) is 49.9 Å². The average Bonchev–Trinajstić information content (AvgIpc) is 3.22. The van der Waals surface area contributed by atoms with E-state index in [1.807, 2.05) is 41.8 Å². The van der Waals surface area contributed by atoms with Crippen molar-refractivity contribution in [3.8, 4) is 0 Å². The molecule has 1 aliphatic heterocycles. The summed E-state index contributed by atoms with van der Waals surface area (Å²) in [6.07, 6.45) is 7.74. The average molecular weight is 323 g/mol. The maximum absolute atomic E-state index is 13.1. The van der Waals surface area contributed by atoms with Crippen LogP contribution in [-0.2, 0) is 0 Å². The van der Waals surface area contributed by atoms with Gasteiger partial charge in [0.25, 0.3) is 5.91 Å². The molecule has 3 aromatic rings. The van der Waals surface area contributed by atoms with Gasteiger partial charge in [-0.2, -0.15) is 10.2 Å². The number of hydrogen-bond acceptors (Lipinski definition) is 3. The third kappa shape index (κ3) is 2.58. The van der Waals surface area contributed by atoms with Crippen molar-refractivity contribution in [1.82, 2.24) is 24.9 Å². The van der Waals surface area contributed by atoms with E-state index < -0.39 is 0 Å². The van der Waals surface area contributed by atoms with Crippen LogP contribution >= 0.6 is 0 Å². The lowest BCUT2D eigenvalue weighted by atomic mass is 10.0. The van der Waals surface area contributed by atoms with E-state index >= 15 is 0 Å². The summed E-state index contributed by atoms with van der Waals surface area (Å²) < 4.78 is 2.00. The monoisotopic (exact) mass is 323 g/mol. The first-order chi connectivity index (χ1) is 11.6. The molecule has 2 aromatic heterocycles. The van der Waals surface area contributed by atoms with Crippen molar-refractivity contribution >= 4 is 16.8 Å². The molecular weight excluding hydrogens is 302 g/mol. The number of aromatic nitrogens is 4. The number of nitrogens with one attached hydrogen (secondary N) is 1. The quantitative estimate of drug-likeness (QED) is 0.788. The van der Waals surface area contributed by atoms with E-state index in [4.69, 9.17) is 0 Å². The number of benzene rings is 1. The lowest BCUT2D eigenvalue weighted by molar-refractivity contribution is 0.0674. The minimum absolute atomic E-state index is 0.0709. The third-order valence-electron chi connectivity index (χ3n) is 4.71. The lowest BCUT2D eigenvalue weighted by Crippen LogP contribution is -2.41. The summed E-state index contributed by atoms with van der Waals surface area (Å²) in [5, 5.41) is 12.5. The molecular formula is C18H21N5O. The van der Waals surface area contributed by atoms with Gasteiger partial charge < -0.3 is 4.90 Å². The number of aromatic amines is 1. The number of carbonyl (C=O) groups is 1. The molecule has 24 heavy (non-hydrogen) atoms. The van der Waals surface area contributed by atoms with Crippen molar-refractivity contribution in [3.63, 3.8) is 0 Å². The minimum Gasteiger partial charge on any atom is -0.336 e. The number of piperidine rings is 1. The Kier molecular flexibility index (Phi) is 3.59. The summed E-state index contributed by atoms with van der Waals surface area (Å²) in [5.41, 5.74) is 3.75. The normalized spacial score (nSPS) is 18.2. The fraction of sp³-hybridized carbons (Fsp3) is 0.389. The second-order valence-corrected chi connectivity index (χ2v) is 6.69. The Morgan fingerprint density at radius 1 is 1.25 bits per heavy atom. The number of H-pyrrole nitrogens is 1. The number of rotatable bonds is 2. The summed E-state index contributed by atoms with van der Waals surface area (Å²) in [6.45, 7) is 5.54. The van der Waals surface area contributed by atoms with E-state index in [9.17, 15) is 4.79 Å². The highest BCUT2D eigenvalue weighted by molar-refractivity contribution is 6.05. The molecule has 6 nitrogen and oxygen atoms in total. The minimum atomic E-state index is 0.0709. The number of likely N-dealkylation sites (tertiary alicyclic amines) is 1. The van der Waals surface area contributed by atoms with Crippen LogP contribution in [0, 0.1) is 13.8 Å². The molecule has 1 N–H and O–H groups in total. The van der Waals surface area contributed by atoms with Crippen LogP contribution in [0.2, 0.25) is 0 Å². The van der Waals surface area contributed by atoms with Gasteiger partial charge in [0.2, 0.25) is 0 Å². The summed E-state index contributed by atoms with van der Waals surface area (Å²) in [4.78, 5) is 15.0. The van der Waals surface area contributed by atoms with Crippen molar-refractivity contribution < 1.29 is 4.79 Å². The number of aryl methyl sites for hydroxylation is 2. The summed E-state index contributed by atoms with van der Waals surface area (Å²) in [5.74, 6) is 0.0709. The molecule has 1 atom stereocenters. The fourth-order valence-corrected chi connectivity index (χ4v) is 3.53. The topological polar surface area (TPSA) is 66.8 Å². The maximum atomic E-state index is 13.1. The van der Waals surface area contributed by atoms with Crippen LogP contribution in [0.1, 0.15) is 40.4 Å². The molecule has 124 valence electrons.